The van der Waals surface area contributed by atoms with E-state index in [2.05, 4.69) is 4.52 Å². The molecule has 18 nitrogen and oxygen atoms in total. The molecule has 0 aliphatic rings. The fourth-order valence-corrected chi connectivity index (χ4v) is 4.03. The average molecular weight is 511 g/mol. The number of carboxylic acids is 1. The lowest BCUT2D eigenvalue weighted by molar-refractivity contribution is -0.164. The van der Waals surface area contributed by atoms with Gasteiger partial charge in [0.05, 0.1) is 6.61 Å². The molecule has 0 saturated carbocycles. The molecule has 0 saturated heterocycles. The zero-order valence-electron chi connectivity index (χ0n) is 14.8. The minimum atomic E-state index is -5.31. The van der Waals surface area contributed by atoms with E-state index in [9.17, 15) is 18.5 Å². The Morgan fingerprint density at radius 3 is 1.53 bits per heavy atom. The van der Waals surface area contributed by atoms with Crippen LogP contribution in [0.2, 0.25) is 0 Å². The highest BCUT2D eigenvalue weighted by molar-refractivity contribution is 7.72. The fourth-order valence-electron chi connectivity index (χ4n) is 1.49. The Balaban J connectivity index is 0. The summed E-state index contributed by atoms with van der Waals surface area (Å²) in [5.41, 5.74) is 4.86. The van der Waals surface area contributed by atoms with E-state index in [4.69, 9.17) is 65.7 Å². The molecule has 21 heteroatoms. The van der Waals surface area contributed by atoms with Crippen molar-refractivity contribution in [1.29, 1.82) is 0 Å². The van der Waals surface area contributed by atoms with Gasteiger partial charge < -0.3 is 65.7 Å². The Kier molecular flexibility index (Phi) is 12.8. The van der Waals surface area contributed by atoms with Gasteiger partial charge in [0, 0.05) is 6.42 Å². The molecule has 0 fully saturated rings. The molecule has 182 valence electrons. The Labute approximate surface area is 167 Å². The van der Waals surface area contributed by atoms with Crippen LogP contribution in [-0.2, 0) is 23.0 Å². The molecule has 0 aromatic rings. The van der Waals surface area contributed by atoms with Gasteiger partial charge in [-0.1, -0.05) is 0 Å². The molecule has 0 unspecified atom stereocenters. The monoisotopic (exact) mass is 511 g/mol. The second kappa shape index (κ2) is 12.0. The number of carbonyl (C=O) groups is 1. The summed E-state index contributed by atoms with van der Waals surface area (Å²) in [6, 6.07) is 0. The molecule has 0 aliphatic carbocycles. The molecular formula is C9H24NO17P3. The van der Waals surface area contributed by atoms with Gasteiger partial charge in [-0.25, -0.2) is 9.36 Å². The molecule has 0 heterocycles. The molecule has 0 radical (unpaired) electrons. The minimum Gasteiger partial charge on any atom is -0.479 e. The van der Waals surface area contributed by atoms with Crippen molar-refractivity contribution in [3.63, 3.8) is 0 Å². The van der Waals surface area contributed by atoms with E-state index >= 15 is 0 Å². The summed E-state index contributed by atoms with van der Waals surface area (Å²) >= 11 is 0. The van der Waals surface area contributed by atoms with Crippen LogP contribution in [0.15, 0.2) is 0 Å². The van der Waals surface area contributed by atoms with Gasteiger partial charge in [-0.2, -0.15) is 0 Å². The number of carboxylic acid groups (broad SMARTS) is 1. The highest BCUT2D eigenvalue weighted by atomic mass is 31.2. The van der Waals surface area contributed by atoms with Gasteiger partial charge in [-0.05, 0) is 6.54 Å². The third-order valence-corrected chi connectivity index (χ3v) is 7.51. The first-order valence-corrected chi connectivity index (χ1v) is 12.1. The smallest absolute Gasteiger partial charge is 0.469 e. The van der Waals surface area contributed by atoms with E-state index < -0.39 is 78.1 Å². The lowest BCUT2D eigenvalue weighted by Crippen LogP contribution is -2.48. The summed E-state index contributed by atoms with van der Waals surface area (Å²) < 4.78 is 35.2. The number of nitrogens with two attached hydrogens (primary N) is 1. The van der Waals surface area contributed by atoms with Gasteiger partial charge in [0.15, 0.2) is 6.10 Å². The van der Waals surface area contributed by atoms with E-state index in [1.165, 1.54) is 0 Å². The molecule has 14 N–H and O–H groups in total. The molecule has 0 aromatic carbocycles. The predicted octanol–water partition coefficient (Wildman–Crippen LogP) is -5.04. The van der Waals surface area contributed by atoms with Crippen LogP contribution in [-0.4, -0.2) is 109 Å². The number of phosphoric ester groups is 1. The van der Waals surface area contributed by atoms with Crippen LogP contribution in [0.25, 0.3) is 0 Å². The number of hydrogen-bond acceptors (Lipinski definition) is 11. The number of phosphoric acid groups is 1. The summed E-state index contributed by atoms with van der Waals surface area (Å²) in [5, 5.41) is 50.1. The fraction of sp³-hybridized carbons (Fsp3) is 0.889. The number of aliphatic carboxylic acids is 1. The van der Waals surface area contributed by atoms with Crippen LogP contribution in [0, 0.1) is 0 Å². The number of aliphatic hydroxyl groups excluding tert-OH is 4. The quantitative estimate of drug-likeness (QED) is 0.115. The van der Waals surface area contributed by atoms with Gasteiger partial charge in [-0.15, -0.1) is 0 Å². The summed E-state index contributed by atoms with van der Waals surface area (Å²) in [5.74, 6) is -1.83. The Morgan fingerprint density at radius 1 is 0.900 bits per heavy atom. The van der Waals surface area contributed by atoms with Gasteiger partial charge in [0.25, 0.3) is 5.08 Å². The Hall–Kier alpha value is -0.360. The highest BCUT2D eigenvalue weighted by Crippen LogP contribution is 2.68. The lowest BCUT2D eigenvalue weighted by Gasteiger charge is -2.28. The van der Waals surface area contributed by atoms with Crippen molar-refractivity contribution in [3.05, 3.63) is 0 Å². The van der Waals surface area contributed by atoms with Crippen LogP contribution in [0.1, 0.15) is 6.42 Å². The normalized spacial score (nSPS) is 17.3. The molecule has 0 spiro atoms. The predicted molar refractivity (Wildman–Crippen MR) is 92.4 cm³/mol. The highest BCUT2D eigenvalue weighted by Gasteiger charge is 2.58. The summed E-state index contributed by atoms with van der Waals surface area (Å²) in [4.78, 5) is 60.8. The topological polar surface area (TPSA) is 346 Å². The van der Waals surface area contributed by atoms with Crippen molar-refractivity contribution in [2.24, 2.45) is 5.73 Å². The van der Waals surface area contributed by atoms with Crippen LogP contribution < -0.4 is 5.73 Å². The minimum absolute atomic E-state index is 0.452. The summed E-state index contributed by atoms with van der Waals surface area (Å²) in [6.45, 7) is -1.50. The maximum absolute atomic E-state index is 10.6. The number of aliphatic hydroxyl groups is 5. The zero-order valence-corrected chi connectivity index (χ0v) is 17.4. The van der Waals surface area contributed by atoms with Crippen LogP contribution >= 0.6 is 23.0 Å². The first kappa shape index (κ1) is 31.8. The van der Waals surface area contributed by atoms with Gasteiger partial charge in [0.1, 0.15) is 18.3 Å². The molecule has 30 heavy (non-hydrogen) atoms. The van der Waals surface area contributed by atoms with Crippen LogP contribution in [0.4, 0.5) is 0 Å². The SMILES string of the molecule is NCCC(O)(P(=O)(O)O)P(=O)(O)O.O=C(O)[C@H](O)[C@@H](O)[C@H](O)[C@H](O)COP(=O)(O)O. The van der Waals surface area contributed by atoms with Gasteiger partial charge in [0.2, 0.25) is 0 Å². The van der Waals surface area contributed by atoms with Gasteiger partial charge in [-0.3, -0.25) is 13.7 Å². The first-order chi connectivity index (χ1) is 13.1. The second-order valence-electron chi connectivity index (χ2n) is 5.52. The standard InChI is InChI=1S/C6H13O10P.C3H11NO7P2/c7-2(1-16-17(13,14)15)3(8)4(9)5(10)6(11)12;4-2-1-3(5,12(6,7)8)13(9,10)11/h2-5,7-10H,1H2,(H,11,12)(H2,13,14,15);5H,1-2,4H2,(H2,6,7,8)(H2,9,10,11)/t2-,3-,4+,5-;/m1./s1. The molecule has 4 atom stereocenters. The Morgan fingerprint density at radius 2 is 1.30 bits per heavy atom. The van der Waals surface area contributed by atoms with Gasteiger partial charge >= 0.3 is 29.0 Å². The van der Waals surface area contributed by atoms with E-state index in [0.717, 1.165) is 0 Å². The van der Waals surface area contributed by atoms with Crippen LogP contribution in [0.3, 0.4) is 0 Å². The second-order valence-corrected chi connectivity index (χ2v) is 10.8. The number of hydrogen-bond donors (Lipinski definition) is 13. The Bertz CT molecular complexity index is 660. The molecule has 0 aliphatic heterocycles. The van der Waals surface area contributed by atoms with Crippen molar-refractivity contribution in [2.75, 3.05) is 13.2 Å². The van der Waals surface area contributed by atoms with E-state index in [1.807, 2.05) is 0 Å². The first-order valence-electron chi connectivity index (χ1n) is 7.31. The van der Waals surface area contributed by atoms with E-state index in [1.54, 1.807) is 0 Å². The molecule has 0 aromatic heterocycles. The number of rotatable bonds is 11. The molecule has 0 amide bonds. The average Bonchev–Trinajstić information content (AvgIpc) is 2.55. The third kappa shape index (κ3) is 10.3. The molecule has 0 rings (SSSR count). The van der Waals surface area contributed by atoms with E-state index in [0.29, 0.717) is 0 Å². The van der Waals surface area contributed by atoms with Crippen molar-refractivity contribution in [1.82, 2.24) is 0 Å². The van der Waals surface area contributed by atoms with Crippen LogP contribution in [0.5, 0.6) is 0 Å². The van der Waals surface area contributed by atoms with E-state index in [-0.39, 0.29) is 0 Å². The van der Waals surface area contributed by atoms with Crippen molar-refractivity contribution in [2.45, 2.75) is 35.9 Å². The third-order valence-electron chi connectivity index (χ3n) is 3.15. The summed E-state index contributed by atoms with van der Waals surface area (Å²) in [6.07, 6.45) is -9.58. The maximum atomic E-state index is 10.6. The zero-order chi connectivity index (χ0) is 24.7. The van der Waals surface area contributed by atoms with Crippen molar-refractivity contribution in [3.8, 4) is 0 Å². The van der Waals surface area contributed by atoms with Crippen molar-refractivity contribution < 1.29 is 83.0 Å². The summed E-state index contributed by atoms with van der Waals surface area (Å²) in [7, 11) is -15.5. The lowest BCUT2D eigenvalue weighted by atomic mass is 10.0. The molecule has 0 bridgehead atoms. The maximum Gasteiger partial charge on any atom is 0.469 e. The largest absolute Gasteiger partial charge is 0.479 e. The van der Waals surface area contributed by atoms with Crippen molar-refractivity contribution >= 4 is 29.0 Å². The molecular weight excluding hydrogens is 487 g/mol.